The number of hydrogen-bond acceptors (Lipinski definition) is 2. The van der Waals surface area contributed by atoms with Crippen LogP contribution in [0.25, 0.3) is 0 Å². The third-order valence-electron chi connectivity index (χ3n) is 4.70. The number of benzene rings is 2. The first-order valence-corrected chi connectivity index (χ1v) is 9.17. The van der Waals surface area contributed by atoms with Crippen molar-refractivity contribution in [2.75, 3.05) is 0 Å². The van der Waals surface area contributed by atoms with Gasteiger partial charge in [0, 0.05) is 6.20 Å². The molecule has 5 heteroatoms. The van der Waals surface area contributed by atoms with Crippen molar-refractivity contribution in [3.05, 3.63) is 76.8 Å². The van der Waals surface area contributed by atoms with E-state index in [1.807, 2.05) is 30.6 Å². The summed E-state index contributed by atoms with van der Waals surface area (Å²) in [6.07, 6.45) is 5.35. The maximum Gasteiger partial charge on any atom is 0.181 e. The van der Waals surface area contributed by atoms with Gasteiger partial charge in [-0.15, -0.1) is 0 Å². The van der Waals surface area contributed by atoms with Crippen LogP contribution in [0.3, 0.4) is 0 Å². The molecule has 0 bridgehead atoms. The van der Waals surface area contributed by atoms with E-state index in [0.29, 0.717) is 11.3 Å². The molecule has 136 valence electrons. The first-order valence-electron chi connectivity index (χ1n) is 8.79. The lowest BCUT2D eigenvalue weighted by Gasteiger charge is -2.21. The minimum atomic E-state index is -0.382. The summed E-state index contributed by atoms with van der Waals surface area (Å²) in [5, 5.41) is 7.11. The fraction of sp³-hybridized carbons (Fsp3) is 0.286. The molecule has 26 heavy (non-hydrogen) atoms. The largest absolute Gasteiger partial charge is 0.453 e. The Balaban J connectivity index is 1.87. The molecule has 0 aliphatic carbocycles. The second kappa shape index (κ2) is 8.37. The van der Waals surface area contributed by atoms with Gasteiger partial charge >= 0.3 is 0 Å². The van der Waals surface area contributed by atoms with Gasteiger partial charge in [-0.05, 0) is 54.0 Å². The normalized spacial score (nSPS) is 13.4. The van der Waals surface area contributed by atoms with Crippen molar-refractivity contribution in [2.24, 2.45) is 0 Å². The van der Waals surface area contributed by atoms with Gasteiger partial charge < -0.3 is 4.74 Å². The predicted molar refractivity (Wildman–Crippen MR) is 103 cm³/mol. The standard InChI is InChI=1S/C21H22ClFN2O/c1-3-15(11-14(2)16-12-24-25-13-16)18-9-10-19(22)21(20(18)23)26-17-7-5-4-6-8-17/h4-10,12-15H,3,11H2,1-2H3,(H,24,25)/t14-,15+/m1/s1. The van der Waals surface area contributed by atoms with Crippen LogP contribution in [0.5, 0.6) is 11.5 Å². The average molecular weight is 373 g/mol. The summed E-state index contributed by atoms with van der Waals surface area (Å²) in [7, 11) is 0. The fourth-order valence-electron chi connectivity index (χ4n) is 3.17. The van der Waals surface area contributed by atoms with Crippen LogP contribution in [0.2, 0.25) is 5.02 Å². The zero-order valence-corrected chi connectivity index (χ0v) is 15.6. The van der Waals surface area contributed by atoms with Gasteiger partial charge in [-0.2, -0.15) is 5.10 Å². The maximum absolute atomic E-state index is 15.2. The number of hydrogen-bond donors (Lipinski definition) is 1. The van der Waals surface area contributed by atoms with E-state index in [2.05, 4.69) is 24.0 Å². The van der Waals surface area contributed by atoms with Crippen molar-refractivity contribution in [2.45, 2.75) is 38.5 Å². The third kappa shape index (κ3) is 4.07. The van der Waals surface area contributed by atoms with Crippen molar-refractivity contribution in [3.8, 4) is 11.5 Å². The molecule has 3 rings (SSSR count). The Hall–Kier alpha value is -2.33. The zero-order chi connectivity index (χ0) is 18.5. The smallest absolute Gasteiger partial charge is 0.181 e. The van der Waals surface area contributed by atoms with Crippen LogP contribution < -0.4 is 4.74 Å². The van der Waals surface area contributed by atoms with E-state index in [1.165, 1.54) is 0 Å². The Morgan fingerprint density at radius 2 is 1.96 bits per heavy atom. The molecule has 2 aromatic carbocycles. The quantitative estimate of drug-likeness (QED) is 0.502. The van der Waals surface area contributed by atoms with Gasteiger partial charge in [-0.25, -0.2) is 4.39 Å². The van der Waals surface area contributed by atoms with Crippen LogP contribution in [-0.2, 0) is 0 Å². The average Bonchev–Trinajstić information content (AvgIpc) is 3.19. The summed E-state index contributed by atoms with van der Waals surface area (Å²) >= 11 is 6.21. The molecule has 3 nitrogen and oxygen atoms in total. The Morgan fingerprint density at radius 3 is 2.62 bits per heavy atom. The number of rotatable bonds is 7. The topological polar surface area (TPSA) is 37.9 Å². The number of halogens is 2. The molecule has 0 spiro atoms. The molecule has 1 heterocycles. The number of aromatic amines is 1. The van der Waals surface area contributed by atoms with E-state index in [0.717, 1.165) is 18.4 Å². The second-order valence-corrected chi connectivity index (χ2v) is 6.88. The summed E-state index contributed by atoms with van der Waals surface area (Å²) in [6, 6.07) is 12.6. The maximum atomic E-state index is 15.2. The van der Waals surface area contributed by atoms with Gasteiger partial charge in [-0.1, -0.05) is 49.7 Å². The first-order chi connectivity index (χ1) is 12.6. The first kappa shape index (κ1) is 18.5. The number of nitrogens with one attached hydrogen (secondary N) is 1. The Morgan fingerprint density at radius 1 is 1.19 bits per heavy atom. The number of nitrogens with zero attached hydrogens (tertiary/aromatic N) is 1. The Kier molecular flexibility index (Phi) is 5.94. The van der Waals surface area contributed by atoms with Crippen molar-refractivity contribution in [3.63, 3.8) is 0 Å². The molecule has 2 atom stereocenters. The van der Waals surface area contributed by atoms with Gasteiger partial charge in [0.05, 0.1) is 11.2 Å². The Labute approximate surface area is 158 Å². The van der Waals surface area contributed by atoms with Crippen LogP contribution in [0.1, 0.15) is 49.7 Å². The summed E-state index contributed by atoms with van der Waals surface area (Å²) < 4.78 is 21.0. The fourth-order valence-corrected chi connectivity index (χ4v) is 3.35. The summed E-state index contributed by atoms with van der Waals surface area (Å²) in [6.45, 7) is 4.20. The molecule has 1 aromatic heterocycles. The molecule has 0 amide bonds. The lowest BCUT2D eigenvalue weighted by atomic mass is 9.85. The van der Waals surface area contributed by atoms with Crippen LogP contribution in [-0.4, -0.2) is 10.2 Å². The molecular weight excluding hydrogens is 351 g/mol. The number of para-hydroxylation sites is 1. The molecule has 0 unspecified atom stereocenters. The van der Waals surface area contributed by atoms with Gasteiger partial charge in [0.15, 0.2) is 11.6 Å². The highest BCUT2D eigenvalue weighted by Gasteiger charge is 2.23. The summed E-state index contributed by atoms with van der Waals surface area (Å²) in [5.74, 6) is 0.602. The van der Waals surface area contributed by atoms with Crippen LogP contribution in [0.15, 0.2) is 54.9 Å². The molecule has 1 N–H and O–H groups in total. The number of aromatic nitrogens is 2. The van der Waals surface area contributed by atoms with E-state index in [4.69, 9.17) is 16.3 Å². The van der Waals surface area contributed by atoms with E-state index < -0.39 is 0 Å². The van der Waals surface area contributed by atoms with Crippen molar-refractivity contribution in [1.82, 2.24) is 10.2 Å². The van der Waals surface area contributed by atoms with Gasteiger partial charge in [0.25, 0.3) is 0 Å². The molecule has 0 radical (unpaired) electrons. The number of H-pyrrole nitrogens is 1. The Bertz CT molecular complexity index is 837. The molecule has 3 aromatic rings. The minimum absolute atomic E-state index is 0.0651. The van der Waals surface area contributed by atoms with Gasteiger partial charge in [-0.3, -0.25) is 5.10 Å². The molecule has 0 fully saturated rings. The minimum Gasteiger partial charge on any atom is -0.453 e. The van der Waals surface area contributed by atoms with E-state index in [-0.39, 0.29) is 28.4 Å². The van der Waals surface area contributed by atoms with Crippen molar-refractivity contribution in [1.29, 1.82) is 0 Å². The second-order valence-electron chi connectivity index (χ2n) is 6.47. The van der Waals surface area contributed by atoms with E-state index in [1.54, 1.807) is 24.3 Å². The molecule has 0 saturated carbocycles. The molecule has 0 saturated heterocycles. The summed E-state index contributed by atoms with van der Waals surface area (Å²) in [4.78, 5) is 0. The summed E-state index contributed by atoms with van der Waals surface area (Å²) in [5.41, 5.74) is 1.76. The van der Waals surface area contributed by atoms with Crippen LogP contribution in [0.4, 0.5) is 4.39 Å². The molecular formula is C21H22ClFN2O. The highest BCUT2D eigenvalue weighted by atomic mass is 35.5. The van der Waals surface area contributed by atoms with Crippen LogP contribution >= 0.6 is 11.6 Å². The zero-order valence-electron chi connectivity index (χ0n) is 14.9. The van der Waals surface area contributed by atoms with Crippen LogP contribution in [0, 0.1) is 5.82 Å². The number of ether oxygens (including phenoxy) is 1. The van der Waals surface area contributed by atoms with Gasteiger partial charge in [0.1, 0.15) is 5.75 Å². The monoisotopic (exact) mass is 372 g/mol. The van der Waals surface area contributed by atoms with E-state index >= 15 is 4.39 Å². The predicted octanol–water partition coefficient (Wildman–Crippen LogP) is 6.68. The van der Waals surface area contributed by atoms with Gasteiger partial charge in [0.2, 0.25) is 0 Å². The highest BCUT2D eigenvalue weighted by molar-refractivity contribution is 6.32. The van der Waals surface area contributed by atoms with E-state index in [9.17, 15) is 0 Å². The molecule has 0 aliphatic rings. The van der Waals surface area contributed by atoms with Crippen molar-refractivity contribution >= 4 is 11.6 Å². The lowest BCUT2D eigenvalue weighted by Crippen LogP contribution is -2.06. The highest BCUT2D eigenvalue weighted by Crippen LogP contribution is 2.39. The lowest BCUT2D eigenvalue weighted by molar-refractivity contribution is 0.429. The van der Waals surface area contributed by atoms with Crippen molar-refractivity contribution < 1.29 is 9.13 Å². The third-order valence-corrected chi connectivity index (χ3v) is 5.00. The molecule has 0 aliphatic heterocycles. The SMILES string of the molecule is CC[C@@H](C[C@@H](C)c1cn[nH]c1)c1ccc(Cl)c(Oc2ccccc2)c1F.